The highest BCUT2D eigenvalue weighted by Crippen LogP contribution is 2.42. The quantitative estimate of drug-likeness (QED) is 0.723. The van der Waals surface area contributed by atoms with Crippen LogP contribution in [0.3, 0.4) is 0 Å². The average Bonchev–Trinajstić information content (AvgIpc) is 2.84. The van der Waals surface area contributed by atoms with Crippen LogP contribution in [0.1, 0.15) is 11.7 Å². The molecule has 0 fully saturated rings. The topological polar surface area (TPSA) is 91.8 Å². The summed E-state index contributed by atoms with van der Waals surface area (Å²) in [5, 5.41) is 12.1. The van der Waals surface area contributed by atoms with Crippen LogP contribution in [-0.4, -0.2) is 34.7 Å². The molecule has 0 saturated carbocycles. The number of hydrogen-bond acceptors (Lipinski definition) is 5. The molecule has 140 valence electrons. The lowest BCUT2D eigenvalue weighted by Crippen LogP contribution is -2.31. The second kappa shape index (κ2) is 6.05. The van der Waals surface area contributed by atoms with Crippen LogP contribution in [0.4, 0.5) is 5.69 Å². The second-order valence-corrected chi connectivity index (χ2v) is 10.4. The van der Waals surface area contributed by atoms with Crippen molar-refractivity contribution in [1.82, 2.24) is 0 Å². The molecular weight excluding hydrogens is 386 g/mol. The van der Waals surface area contributed by atoms with Gasteiger partial charge in [-0.1, -0.05) is 36.4 Å². The Balaban J connectivity index is 1.70. The summed E-state index contributed by atoms with van der Waals surface area (Å²) in [6.45, 7) is -0.158. The van der Waals surface area contributed by atoms with Gasteiger partial charge in [0.05, 0.1) is 28.1 Å². The third-order valence-electron chi connectivity index (χ3n) is 4.71. The fraction of sp³-hybridized carbons (Fsp3) is 0.158. The van der Waals surface area contributed by atoms with E-state index in [0.29, 0.717) is 16.6 Å². The number of benzene rings is 3. The molecule has 1 atom stereocenters. The molecule has 0 aromatic heterocycles. The number of nitrogens with zero attached hydrogens (tertiary/aromatic N) is 1. The number of rotatable bonds is 4. The van der Waals surface area contributed by atoms with E-state index in [9.17, 15) is 21.9 Å². The number of sulfone groups is 1. The summed E-state index contributed by atoms with van der Waals surface area (Å²) in [6, 6.07) is 16.3. The third-order valence-corrected chi connectivity index (χ3v) is 7.66. The van der Waals surface area contributed by atoms with Gasteiger partial charge in [0.15, 0.2) is 9.84 Å². The highest BCUT2D eigenvalue weighted by molar-refractivity contribution is 7.93. The molecule has 4 rings (SSSR count). The molecule has 3 aromatic rings. The number of β-amino-alcohol motifs (C(OH)–C–C–N with tert-alkyl or cyclic N) is 1. The lowest BCUT2D eigenvalue weighted by Gasteiger charge is -2.22. The van der Waals surface area contributed by atoms with Crippen LogP contribution in [-0.2, 0) is 19.9 Å². The third kappa shape index (κ3) is 2.90. The van der Waals surface area contributed by atoms with Crippen molar-refractivity contribution in [2.75, 3.05) is 17.1 Å². The molecule has 0 radical (unpaired) electrons. The molecule has 0 saturated heterocycles. The van der Waals surface area contributed by atoms with E-state index in [-0.39, 0.29) is 16.3 Å². The van der Waals surface area contributed by atoms with E-state index in [0.717, 1.165) is 11.6 Å². The molecule has 0 amide bonds. The van der Waals surface area contributed by atoms with Crippen LogP contribution in [0, 0.1) is 0 Å². The minimum Gasteiger partial charge on any atom is -0.387 e. The van der Waals surface area contributed by atoms with Gasteiger partial charge in [0.25, 0.3) is 10.0 Å². The van der Waals surface area contributed by atoms with E-state index in [1.54, 1.807) is 24.3 Å². The number of hydrogen-bond donors (Lipinski definition) is 1. The van der Waals surface area contributed by atoms with Crippen molar-refractivity contribution in [3.8, 4) is 0 Å². The van der Waals surface area contributed by atoms with Gasteiger partial charge in [0.2, 0.25) is 0 Å². The van der Waals surface area contributed by atoms with Gasteiger partial charge in [-0.15, -0.1) is 0 Å². The summed E-state index contributed by atoms with van der Waals surface area (Å²) in [5.74, 6) is 0. The number of anilines is 1. The van der Waals surface area contributed by atoms with Crippen LogP contribution in [0.25, 0.3) is 10.8 Å². The highest BCUT2D eigenvalue weighted by atomic mass is 32.2. The SMILES string of the molecule is CS(=O)(=O)c1ccc([C@H](O)CN2c3cccc4cccc(c34)S2(=O)=O)cc1. The second-order valence-electron chi connectivity index (χ2n) is 6.52. The first-order chi connectivity index (χ1) is 12.7. The standard InChI is InChI=1S/C19H17NO5S2/c1-26(22,23)15-10-8-13(9-11-15)17(21)12-20-16-6-2-4-14-5-3-7-18(19(14)16)27(20,24)25/h2-11,17,21H,12H2,1H3/t17-/m1/s1. The van der Waals surface area contributed by atoms with Crippen molar-refractivity contribution in [2.24, 2.45) is 0 Å². The van der Waals surface area contributed by atoms with E-state index in [1.165, 1.54) is 28.6 Å². The first-order valence-electron chi connectivity index (χ1n) is 8.22. The number of aliphatic hydroxyl groups is 1. The molecule has 0 spiro atoms. The van der Waals surface area contributed by atoms with Crippen molar-refractivity contribution in [1.29, 1.82) is 0 Å². The minimum atomic E-state index is -3.76. The zero-order chi connectivity index (χ0) is 19.4. The summed E-state index contributed by atoms with van der Waals surface area (Å²) >= 11 is 0. The van der Waals surface area contributed by atoms with E-state index in [4.69, 9.17) is 0 Å². The first-order valence-corrected chi connectivity index (χ1v) is 11.6. The summed E-state index contributed by atoms with van der Waals surface area (Å²) in [4.78, 5) is 0.375. The Kier molecular flexibility index (Phi) is 4.03. The lowest BCUT2D eigenvalue weighted by atomic mass is 10.1. The fourth-order valence-electron chi connectivity index (χ4n) is 3.35. The molecular formula is C19H17NO5S2. The summed E-state index contributed by atoms with van der Waals surface area (Å²) in [5.41, 5.74) is 0.982. The predicted octanol–water partition coefficient (Wildman–Crippen LogP) is 2.49. The maximum Gasteiger partial charge on any atom is 0.265 e. The Bertz CT molecular complexity index is 1240. The highest BCUT2D eigenvalue weighted by Gasteiger charge is 2.36. The van der Waals surface area contributed by atoms with Crippen molar-refractivity contribution < 1.29 is 21.9 Å². The Morgan fingerprint density at radius 2 is 1.63 bits per heavy atom. The Labute approximate surface area is 157 Å². The summed E-state index contributed by atoms with van der Waals surface area (Å²) in [6.07, 6.45) is 0.00517. The first kappa shape index (κ1) is 18.0. The van der Waals surface area contributed by atoms with Gasteiger partial charge in [0, 0.05) is 11.6 Å². The van der Waals surface area contributed by atoms with E-state index < -0.39 is 26.0 Å². The van der Waals surface area contributed by atoms with Crippen LogP contribution >= 0.6 is 0 Å². The molecule has 1 N–H and O–H groups in total. The maximum atomic E-state index is 13.0. The van der Waals surface area contributed by atoms with Crippen molar-refractivity contribution in [3.05, 3.63) is 66.2 Å². The summed E-state index contributed by atoms with van der Waals surface area (Å²) in [7, 11) is -7.09. The Morgan fingerprint density at radius 3 is 2.26 bits per heavy atom. The van der Waals surface area contributed by atoms with Gasteiger partial charge in [-0.3, -0.25) is 4.31 Å². The van der Waals surface area contributed by atoms with Gasteiger partial charge < -0.3 is 5.11 Å². The monoisotopic (exact) mass is 403 g/mol. The van der Waals surface area contributed by atoms with Crippen LogP contribution in [0.15, 0.2) is 70.5 Å². The van der Waals surface area contributed by atoms with Gasteiger partial charge in [0.1, 0.15) is 0 Å². The molecule has 0 aliphatic carbocycles. The van der Waals surface area contributed by atoms with Crippen molar-refractivity contribution >= 4 is 36.3 Å². The number of sulfonamides is 1. The predicted molar refractivity (Wildman–Crippen MR) is 103 cm³/mol. The van der Waals surface area contributed by atoms with Gasteiger partial charge in [-0.25, -0.2) is 16.8 Å². The summed E-state index contributed by atoms with van der Waals surface area (Å²) < 4.78 is 50.2. The Hall–Kier alpha value is -2.42. The largest absolute Gasteiger partial charge is 0.387 e. The van der Waals surface area contributed by atoms with Gasteiger partial charge in [-0.05, 0) is 35.2 Å². The molecule has 6 nitrogen and oxygen atoms in total. The molecule has 1 aliphatic heterocycles. The van der Waals surface area contributed by atoms with Crippen molar-refractivity contribution in [2.45, 2.75) is 15.9 Å². The van der Waals surface area contributed by atoms with Crippen LogP contribution < -0.4 is 4.31 Å². The zero-order valence-corrected chi connectivity index (χ0v) is 16.0. The zero-order valence-electron chi connectivity index (χ0n) is 14.4. The van der Waals surface area contributed by atoms with E-state index >= 15 is 0 Å². The molecule has 1 heterocycles. The molecule has 0 bridgehead atoms. The average molecular weight is 403 g/mol. The lowest BCUT2D eigenvalue weighted by molar-refractivity contribution is 0.187. The molecule has 3 aromatic carbocycles. The Morgan fingerprint density at radius 1 is 1.00 bits per heavy atom. The molecule has 0 unspecified atom stereocenters. The number of aliphatic hydroxyl groups excluding tert-OH is 1. The maximum absolute atomic E-state index is 13.0. The van der Waals surface area contributed by atoms with E-state index in [2.05, 4.69) is 0 Å². The van der Waals surface area contributed by atoms with Crippen LogP contribution in [0.5, 0.6) is 0 Å². The fourth-order valence-corrected chi connectivity index (χ4v) is 5.70. The van der Waals surface area contributed by atoms with Gasteiger partial charge in [-0.2, -0.15) is 0 Å². The van der Waals surface area contributed by atoms with E-state index in [1.807, 2.05) is 12.1 Å². The molecule has 27 heavy (non-hydrogen) atoms. The smallest absolute Gasteiger partial charge is 0.265 e. The van der Waals surface area contributed by atoms with Crippen LogP contribution in [0.2, 0.25) is 0 Å². The molecule has 1 aliphatic rings. The van der Waals surface area contributed by atoms with Gasteiger partial charge >= 0.3 is 0 Å². The molecule has 8 heteroatoms. The minimum absolute atomic E-state index is 0.143. The normalized spacial score (nSPS) is 16.6. The van der Waals surface area contributed by atoms with Crippen molar-refractivity contribution in [3.63, 3.8) is 0 Å².